The highest BCUT2D eigenvalue weighted by molar-refractivity contribution is 5.49. The minimum atomic E-state index is -0.0807. The Kier molecular flexibility index (Phi) is 4.35. The number of hydrogen-bond acceptors (Lipinski definition) is 4. The van der Waals surface area contributed by atoms with E-state index < -0.39 is 0 Å². The molecule has 1 N–H and O–H groups in total. The van der Waals surface area contributed by atoms with Crippen molar-refractivity contribution < 1.29 is 14.6 Å². The fourth-order valence-corrected chi connectivity index (χ4v) is 1.52. The lowest BCUT2D eigenvalue weighted by molar-refractivity contribution is -0.109. The zero-order valence-corrected chi connectivity index (χ0v) is 7.98. The molecule has 0 aliphatic carbocycles. The van der Waals surface area contributed by atoms with E-state index in [1.54, 1.807) is 0 Å². The smallest absolute Gasteiger partial charge is 0.121 e. The number of carbonyl (C=O) groups is 1. The van der Waals surface area contributed by atoms with E-state index in [2.05, 4.69) is 11.8 Å². The van der Waals surface area contributed by atoms with Gasteiger partial charge in [-0.15, -0.1) is 0 Å². The standard InChI is InChI=1S/C9H17NO3/c1-8-7-13-9(6-12)5-10(8)3-2-4-11/h4,8-9,12H,2-3,5-7H2,1H3. The van der Waals surface area contributed by atoms with Crippen LogP contribution >= 0.6 is 0 Å². The summed E-state index contributed by atoms with van der Waals surface area (Å²) in [6.45, 7) is 4.27. The van der Waals surface area contributed by atoms with Crippen molar-refractivity contribution in [1.29, 1.82) is 0 Å². The lowest BCUT2D eigenvalue weighted by atomic mass is 10.2. The first kappa shape index (κ1) is 10.6. The SMILES string of the molecule is CC1COC(CO)CN1CCC=O. The van der Waals surface area contributed by atoms with Gasteiger partial charge in [0.2, 0.25) is 0 Å². The maximum absolute atomic E-state index is 10.2. The zero-order valence-electron chi connectivity index (χ0n) is 7.98. The van der Waals surface area contributed by atoms with Gasteiger partial charge in [0.15, 0.2) is 0 Å². The van der Waals surface area contributed by atoms with Crippen molar-refractivity contribution in [1.82, 2.24) is 4.90 Å². The summed E-state index contributed by atoms with van der Waals surface area (Å²) in [6.07, 6.45) is 1.40. The quantitative estimate of drug-likeness (QED) is 0.612. The Morgan fingerprint density at radius 1 is 1.69 bits per heavy atom. The van der Waals surface area contributed by atoms with Crippen LogP contribution in [0.15, 0.2) is 0 Å². The summed E-state index contributed by atoms with van der Waals surface area (Å²) >= 11 is 0. The average Bonchev–Trinajstić information content (AvgIpc) is 2.17. The Hall–Kier alpha value is -0.450. The number of aldehydes is 1. The summed E-state index contributed by atoms with van der Waals surface area (Å²) in [7, 11) is 0. The molecule has 1 saturated heterocycles. The van der Waals surface area contributed by atoms with Crippen LogP contribution in [-0.4, -0.2) is 54.7 Å². The highest BCUT2D eigenvalue weighted by Gasteiger charge is 2.24. The van der Waals surface area contributed by atoms with Crippen LogP contribution in [-0.2, 0) is 9.53 Å². The molecule has 0 aromatic carbocycles. The largest absolute Gasteiger partial charge is 0.394 e. The fraction of sp³-hybridized carbons (Fsp3) is 0.889. The number of morpholine rings is 1. The molecule has 0 aromatic rings. The summed E-state index contributed by atoms with van der Waals surface area (Å²) in [5.41, 5.74) is 0. The van der Waals surface area contributed by atoms with Gasteiger partial charge in [-0.05, 0) is 6.92 Å². The molecule has 1 rings (SSSR count). The Morgan fingerprint density at radius 3 is 3.08 bits per heavy atom. The van der Waals surface area contributed by atoms with Crippen LogP contribution in [0.3, 0.4) is 0 Å². The highest BCUT2D eigenvalue weighted by Crippen LogP contribution is 2.11. The number of aliphatic hydroxyl groups is 1. The van der Waals surface area contributed by atoms with E-state index in [9.17, 15) is 4.79 Å². The second-order valence-corrected chi connectivity index (χ2v) is 3.44. The van der Waals surface area contributed by atoms with Crippen LogP contribution in [0, 0.1) is 0 Å². The van der Waals surface area contributed by atoms with E-state index in [0.29, 0.717) is 19.1 Å². The lowest BCUT2D eigenvalue weighted by Crippen LogP contribution is -2.49. The van der Waals surface area contributed by atoms with E-state index in [0.717, 1.165) is 19.4 Å². The van der Waals surface area contributed by atoms with E-state index in [-0.39, 0.29) is 12.7 Å². The van der Waals surface area contributed by atoms with Gasteiger partial charge >= 0.3 is 0 Å². The molecule has 2 unspecified atom stereocenters. The highest BCUT2D eigenvalue weighted by atomic mass is 16.5. The van der Waals surface area contributed by atoms with Crippen molar-refractivity contribution in [2.24, 2.45) is 0 Å². The van der Waals surface area contributed by atoms with Crippen molar-refractivity contribution in [2.45, 2.75) is 25.5 Å². The molecule has 2 atom stereocenters. The lowest BCUT2D eigenvalue weighted by Gasteiger charge is -2.37. The molecular formula is C9H17NO3. The molecular weight excluding hydrogens is 170 g/mol. The molecule has 4 heteroatoms. The van der Waals surface area contributed by atoms with Gasteiger partial charge in [0.05, 0.1) is 19.3 Å². The van der Waals surface area contributed by atoms with Crippen LogP contribution < -0.4 is 0 Å². The van der Waals surface area contributed by atoms with Gasteiger partial charge in [-0.1, -0.05) is 0 Å². The number of aliphatic hydroxyl groups excluding tert-OH is 1. The van der Waals surface area contributed by atoms with Crippen LogP contribution in [0.1, 0.15) is 13.3 Å². The number of nitrogens with zero attached hydrogens (tertiary/aromatic N) is 1. The number of carbonyl (C=O) groups excluding carboxylic acids is 1. The Bertz CT molecular complexity index is 163. The molecule has 4 nitrogen and oxygen atoms in total. The molecule has 1 aliphatic heterocycles. The Balaban J connectivity index is 2.35. The van der Waals surface area contributed by atoms with Crippen molar-refractivity contribution in [3.05, 3.63) is 0 Å². The predicted molar refractivity (Wildman–Crippen MR) is 48.5 cm³/mol. The van der Waals surface area contributed by atoms with E-state index in [1.165, 1.54) is 0 Å². The topological polar surface area (TPSA) is 49.8 Å². The molecule has 0 saturated carbocycles. The van der Waals surface area contributed by atoms with E-state index in [4.69, 9.17) is 9.84 Å². The van der Waals surface area contributed by atoms with Gasteiger partial charge in [-0.25, -0.2) is 0 Å². The Morgan fingerprint density at radius 2 is 2.46 bits per heavy atom. The second kappa shape index (κ2) is 5.32. The molecule has 0 aromatic heterocycles. The van der Waals surface area contributed by atoms with Gasteiger partial charge in [0.25, 0.3) is 0 Å². The first-order valence-corrected chi connectivity index (χ1v) is 4.68. The van der Waals surface area contributed by atoms with Gasteiger partial charge in [-0.3, -0.25) is 4.90 Å². The first-order chi connectivity index (χ1) is 6.27. The number of ether oxygens (including phenoxy) is 1. The molecule has 1 aliphatic rings. The normalized spacial score (nSPS) is 30.3. The molecule has 1 fully saturated rings. The summed E-state index contributed by atoms with van der Waals surface area (Å²) in [5.74, 6) is 0. The third-order valence-electron chi connectivity index (χ3n) is 2.37. The minimum absolute atomic E-state index is 0.0598. The van der Waals surface area contributed by atoms with Crippen molar-refractivity contribution in [3.8, 4) is 0 Å². The molecule has 0 bridgehead atoms. The maximum Gasteiger partial charge on any atom is 0.121 e. The first-order valence-electron chi connectivity index (χ1n) is 4.68. The van der Waals surface area contributed by atoms with Crippen molar-refractivity contribution in [3.63, 3.8) is 0 Å². The van der Waals surface area contributed by atoms with Crippen molar-refractivity contribution >= 4 is 6.29 Å². The van der Waals surface area contributed by atoms with Crippen LogP contribution in [0.4, 0.5) is 0 Å². The molecule has 0 spiro atoms. The molecule has 0 amide bonds. The summed E-state index contributed by atoms with van der Waals surface area (Å²) in [4.78, 5) is 12.4. The molecule has 76 valence electrons. The predicted octanol–water partition coefficient (Wildman–Crippen LogP) is -0.343. The van der Waals surface area contributed by atoms with Crippen LogP contribution in [0.2, 0.25) is 0 Å². The van der Waals surface area contributed by atoms with Crippen molar-refractivity contribution in [2.75, 3.05) is 26.3 Å². The second-order valence-electron chi connectivity index (χ2n) is 3.44. The van der Waals surface area contributed by atoms with Gasteiger partial charge in [-0.2, -0.15) is 0 Å². The van der Waals surface area contributed by atoms with Gasteiger partial charge in [0, 0.05) is 25.6 Å². The Labute approximate surface area is 78.5 Å². The van der Waals surface area contributed by atoms with E-state index in [1.807, 2.05) is 0 Å². The third kappa shape index (κ3) is 3.06. The summed E-state index contributed by atoms with van der Waals surface area (Å²) in [6, 6.07) is 0.350. The third-order valence-corrected chi connectivity index (χ3v) is 2.37. The monoisotopic (exact) mass is 187 g/mol. The summed E-state index contributed by atoms with van der Waals surface area (Å²) in [5, 5.41) is 8.90. The zero-order chi connectivity index (χ0) is 9.68. The fourth-order valence-electron chi connectivity index (χ4n) is 1.52. The molecule has 0 radical (unpaired) electrons. The average molecular weight is 187 g/mol. The van der Waals surface area contributed by atoms with E-state index >= 15 is 0 Å². The minimum Gasteiger partial charge on any atom is -0.394 e. The maximum atomic E-state index is 10.2. The summed E-state index contributed by atoms with van der Waals surface area (Å²) < 4.78 is 5.37. The number of rotatable bonds is 4. The molecule has 1 heterocycles. The van der Waals surface area contributed by atoms with Gasteiger partial charge in [0.1, 0.15) is 6.29 Å². The molecule has 13 heavy (non-hydrogen) atoms. The van der Waals surface area contributed by atoms with Crippen LogP contribution in [0.5, 0.6) is 0 Å². The van der Waals surface area contributed by atoms with Gasteiger partial charge < -0.3 is 14.6 Å². The van der Waals surface area contributed by atoms with Crippen LogP contribution in [0.25, 0.3) is 0 Å². The number of hydrogen-bond donors (Lipinski definition) is 1.